The largest absolute Gasteiger partial charge is 0.489 e. The van der Waals surface area contributed by atoms with E-state index in [0.717, 1.165) is 5.56 Å². The Bertz CT molecular complexity index is 1260. The number of aryl methyl sites for hydroxylation is 1. The van der Waals surface area contributed by atoms with Crippen molar-refractivity contribution in [2.75, 3.05) is 5.32 Å². The SMILES string of the molecule is Cc1onc(C(=O)Nc2ncn(Cc3ccc(Cl)cc3Cl)n2)c1COc1ccc(F)cc1. The second-order valence-corrected chi connectivity index (χ2v) is 7.61. The van der Waals surface area contributed by atoms with Crippen molar-refractivity contribution in [3.8, 4) is 5.75 Å². The van der Waals surface area contributed by atoms with Gasteiger partial charge in [-0.25, -0.2) is 14.1 Å². The number of rotatable bonds is 7. The van der Waals surface area contributed by atoms with Crippen LogP contribution >= 0.6 is 23.2 Å². The van der Waals surface area contributed by atoms with Crippen LogP contribution in [0.2, 0.25) is 10.0 Å². The number of nitrogens with zero attached hydrogens (tertiary/aromatic N) is 4. The molecule has 0 atom stereocenters. The van der Waals surface area contributed by atoms with Crippen LogP contribution < -0.4 is 10.1 Å². The van der Waals surface area contributed by atoms with Gasteiger partial charge >= 0.3 is 0 Å². The van der Waals surface area contributed by atoms with Crippen molar-refractivity contribution in [1.82, 2.24) is 19.9 Å². The standard InChI is InChI=1S/C21H16Cl2FN5O3/c1-12-17(10-31-16-6-4-15(24)5-7-16)19(28-32-12)20(30)26-21-25-11-29(27-21)9-13-2-3-14(22)8-18(13)23/h2-8,11H,9-10H2,1H3,(H,26,27,30). The molecule has 8 nitrogen and oxygen atoms in total. The van der Waals surface area contributed by atoms with Crippen molar-refractivity contribution in [2.45, 2.75) is 20.1 Å². The number of halogens is 3. The lowest BCUT2D eigenvalue weighted by molar-refractivity contribution is 0.101. The minimum absolute atomic E-state index is 0.0145. The van der Waals surface area contributed by atoms with Gasteiger partial charge < -0.3 is 9.26 Å². The molecule has 4 aromatic rings. The first-order valence-corrected chi connectivity index (χ1v) is 10.1. The van der Waals surface area contributed by atoms with Crippen LogP contribution in [0.4, 0.5) is 10.3 Å². The van der Waals surface area contributed by atoms with Crippen molar-refractivity contribution in [3.63, 3.8) is 0 Å². The summed E-state index contributed by atoms with van der Waals surface area (Å²) >= 11 is 12.1. The minimum atomic E-state index is -0.554. The van der Waals surface area contributed by atoms with E-state index in [4.69, 9.17) is 32.5 Å². The van der Waals surface area contributed by atoms with E-state index in [0.29, 0.717) is 33.7 Å². The van der Waals surface area contributed by atoms with Gasteiger partial charge in [0.05, 0.1) is 12.1 Å². The molecule has 11 heteroatoms. The van der Waals surface area contributed by atoms with Crippen molar-refractivity contribution < 1.29 is 18.4 Å². The van der Waals surface area contributed by atoms with E-state index < -0.39 is 5.91 Å². The monoisotopic (exact) mass is 475 g/mol. The highest BCUT2D eigenvalue weighted by atomic mass is 35.5. The Morgan fingerprint density at radius 2 is 2.00 bits per heavy atom. The molecule has 1 amide bonds. The molecular weight excluding hydrogens is 460 g/mol. The maximum atomic E-state index is 13.0. The summed E-state index contributed by atoms with van der Waals surface area (Å²) in [5.74, 6) is 0.0320. The predicted molar refractivity (Wildman–Crippen MR) is 116 cm³/mol. The Morgan fingerprint density at radius 1 is 1.22 bits per heavy atom. The number of hydrogen-bond donors (Lipinski definition) is 1. The molecule has 0 saturated heterocycles. The number of carbonyl (C=O) groups excluding carboxylic acids is 1. The highest BCUT2D eigenvalue weighted by molar-refractivity contribution is 6.35. The Labute approximate surface area is 191 Å². The van der Waals surface area contributed by atoms with E-state index >= 15 is 0 Å². The zero-order chi connectivity index (χ0) is 22.7. The molecule has 2 aromatic carbocycles. The molecule has 2 aromatic heterocycles. The molecule has 0 radical (unpaired) electrons. The molecular formula is C21H16Cl2FN5O3. The Morgan fingerprint density at radius 3 is 2.75 bits per heavy atom. The van der Waals surface area contributed by atoms with E-state index in [1.165, 1.54) is 35.3 Å². The topological polar surface area (TPSA) is 95.1 Å². The van der Waals surface area contributed by atoms with Gasteiger partial charge in [-0.2, -0.15) is 0 Å². The number of nitrogens with one attached hydrogen (secondary N) is 1. The van der Waals surface area contributed by atoms with Crippen LogP contribution in [0.25, 0.3) is 0 Å². The van der Waals surface area contributed by atoms with Crippen molar-refractivity contribution in [3.05, 3.63) is 87.2 Å². The second kappa shape index (κ2) is 9.37. The summed E-state index contributed by atoms with van der Waals surface area (Å²) in [7, 11) is 0. The molecule has 0 unspecified atom stereocenters. The Balaban J connectivity index is 1.42. The molecule has 0 aliphatic carbocycles. The number of aromatic nitrogens is 4. The summed E-state index contributed by atoms with van der Waals surface area (Å²) in [6, 6.07) is 10.7. The number of ether oxygens (including phenoxy) is 1. The van der Waals surface area contributed by atoms with Crippen LogP contribution in [-0.2, 0) is 13.2 Å². The molecule has 0 aliphatic rings. The molecule has 2 heterocycles. The summed E-state index contributed by atoms with van der Waals surface area (Å²) in [6.45, 7) is 2.02. The Hall–Kier alpha value is -3.43. The highest BCUT2D eigenvalue weighted by Gasteiger charge is 2.21. The zero-order valence-corrected chi connectivity index (χ0v) is 18.2. The maximum absolute atomic E-state index is 13.0. The van der Waals surface area contributed by atoms with Gasteiger partial charge in [-0.15, -0.1) is 5.10 Å². The lowest BCUT2D eigenvalue weighted by Gasteiger charge is -2.06. The predicted octanol–water partition coefficient (Wildman–Crippen LogP) is 4.90. The summed E-state index contributed by atoms with van der Waals surface area (Å²) in [6.07, 6.45) is 1.47. The van der Waals surface area contributed by atoms with E-state index in [2.05, 4.69) is 20.6 Å². The van der Waals surface area contributed by atoms with Crippen molar-refractivity contribution in [2.24, 2.45) is 0 Å². The van der Waals surface area contributed by atoms with Gasteiger partial charge in [0.1, 0.15) is 30.3 Å². The van der Waals surface area contributed by atoms with Crippen LogP contribution in [-0.4, -0.2) is 25.8 Å². The first kappa shape index (κ1) is 21.8. The van der Waals surface area contributed by atoms with E-state index in [1.807, 2.05) is 0 Å². The minimum Gasteiger partial charge on any atom is -0.489 e. The van der Waals surface area contributed by atoms with Crippen LogP contribution in [0.3, 0.4) is 0 Å². The quantitative estimate of drug-likeness (QED) is 0.408. The van der Waals surface area contributed by atoms with Crippen LogP contribution in [0.1, 0.15) is 27.4 Å². The summed E-state index contributed by atoms with van der Waals surface area (Å²) in [4.78, 5) is 16.8. The fourth-order valence-electron chi connectivity index (χ4n) is 2.84. The lowest BCUT2D eigenvalue weighted by Crippen LogP contribution is -2.16. The smallest absolute Gasteiger partial charge is 0.280 e. The third kappa shape index (κ3) is 5.06. The third-order valence-corrected chi connectivity index (χ3v) is 5.09. The summed E-state index contributed by atoms with van der Waals surface area (Å²) in [5, 5.41) is 11.7. The molecule has 164 valence electrons. The van der Waals surface area contributed by atoms with Gasteiger partial charge in [0.15, 0.2) is 5.69 Å². The third-order valence-electron chi connectivity index (χ3n) is 4.51. The van der Waals surface area contributed by atoms with Crippen LogP contribution in [0, 0.1) is 12.7 Å². The van der Waals surface area contributed by atoms with Gasteiger partial charge in [-0.05, 0) is 48.9 Å². The first-order valence-electron chi connectivity index (χ1n) is 9.37. The average Bonchev–Trinajstić information content (AvgIpc) is 3.36. The normalized spacial score (nSPS) is 10.9. The summed E-state index contributed by atoms with van der Waals surface area (Å²) in [5.41, 5.74) is 1.30. The van der Waals surface area contributed by atoms with Crippen LogP contribution in [0.15, 0.2) is 53.3 Å². The number of benzene rings is 2. The summed E-state index contributed by atoms with van der Waals surface area (Å²) < 4.78 is 25.3. The highest BCUT2D eigenvalue weighted by Crippen LogP contribution is 2.22. The number of amides is 1. The Kier molecular flexibility index (Phi) is 6.38. The van der Waals surface area contributed by atoms with Gasteiger partial charge in [-0.1, -0.05) is 34.4 Å². The molecule has 0 aliphatic heterocycles. The first-order chi connectivity index (χ1) is 15.4. The van der Waals surface area contributed by atoms with Gasteiger partial charge in [0, 0.05) is 10.0 Å². The van der Waals surface area contributed by atoms with Gasteiger partial charge in [0.25, 0.3) is 5.91 Å². The second-order valence-electron chi connectivity index (χ2n) is 6.76. The lowest BCUT2D eigenvalue weighted by atomic mass is 10.2. The number of hydrogen-bond acceptors (Lipinski definition) is 6. The zero-order valence-electron chi connectivity index (χ0n) is 16.7. The molecule has 0 spiro atoms. The molecule has 0 saturated carbocycles. The van der Waals surface area contributed by atoms with E-state index in [-0.39, 0.29) is 24.1 Å². The van der Waals surface area contributed by atoms with Gasteiger partial charge in [-0.3, -0.25) is 10.1 Å². The fraction of sp³-hybridized carbons (Fsp3) is 0.143. The molecule has 0 bridgehead atoms. The number of carbonyl (C=O) groups is 1. The van der Waals surface area contributed by atoms with Gasteiger partial charge in [0.2, 0.25) is 5.95 Å². The number of anilines is 1. The average molecular weight is 476 g/mol. The van der Waals surface area contributed by atoms with Crippen LogP contribution in [0.5, 0.6) is 5.75 Å². The molecule has 32 heavy (non-hydrogen) atoms. The fourth-order valence-corrected chi connectivity index (χ4v) is 3.31. The van der Waals surface area contributed by atoms with E-state index in [9.17, 15) is 9.18 Å². The molecule has 4 rings (SSSR count). The molecule has 0 fully saturated rings. The van der Waals surface area contributed by atoms with Crippen molar-refractivity contribution >= 4 is 35.1 Å². The van der Waals surface area contributed by atoms with Crippen molar-refractivity contribution in [1.29, 1.82) is 0 Å². The van der Waals surface area contributed by atoms with E-state index in [1.54, 1.807) is 25.1 Å². The maximum Gasteiger partial charge on any atom is 0.280 e. The molecule has 1 N–H and O–H groups in total.